The molecule has 40 heavy (non-hydrogen) atoms. The van der Waals surface area contributed by atoms with Gasteiger partial charge in [-0.3, -0.25) is 0 Å². The molecule has 0 aromatic carbocycles. The van der Waals surface area contributed by atoms with E-state index in [-0.39, 0.29) is 25.7 Å². The third kappa shape index (κ3) is 7.76. The summed E-state index contributed by atoms with van der Waals surface area (Å²) in [6.07, 6.45) is -24.8. The summed E-state index contributed by atoms with van der Waals surface area (Å²) in [5.74, 6) is 0.234. The lowest BCUT2D eigenvalue weighted by molar-refractivity contribution is -0.393. The second kappa shape index (κ2) is 15.9. The standard InChI is InChI=1S/C22H39ClO17/c23-1-2-34-3-4-35-21-18(15(31)12(28)9(6-25)37-21)40-22-19(16(32)13(29)10(7-26)38-22)39-20-17(33)14(30)11(27)8(5-24)36-20/h8-22,24-33H,1-7H2/t8?,9?,10?,11-,12-,13-,14?,15?,16?,17?,18?,19?,20+,21+,22-/m1/s1. The molecule has 0 bridgehead atoms. The molecule has 0 aliphatic carbocycles. The molecule has 0 aromatic rings. The van der Waals surface area contributed by atoms with Gasteiger partial charge in [0.2, 0.25) is 0 Å². The molecular formula is C22H39ClO17. The van der Waals surface area contributed by atoms with Crippen LogP contribution in [-0.2, 0) is 33.2 Å². The fourth-order valence-electron chi connectivity index (χ4n) is 4.52. The fraction of sp³-hybridized carbons (Fsp3) is 1.00. The van der Waals surface area contributed by atoms with E-state index in [1.165, 1.54) is 0 Å². The van der Waals surface area contributed by atoms with Crippen LogP contribution in [0, 0.1) is 0 Å². The quantitative estimate of drug-likeness (QED) is 0.0686. The normalized spacial score (nSPS) is 46.4. The lowest BCUT2D eigenvalue weighted by Gasteiger charge is -2.48. The van der Waals surface area contributed by atoms with Crippen molar-refractivity contribution in [1.29, 1.82) is 0 Å². The summed E-state index contributed by atoms with van der Waals surface area (Å²) in [7, 11) is 0. The molecule has 3 aliphatic rings. The molecular weight excluding hydrogens is 572 g/mol. The van der Waals surface area contributed by atoms with Crippen LogP contribution >= 0.6 is 11.6 Å². The largest absolute Gasteiger partial charge is 0.394 e. The zero-order valence-electron chi connectivity index (χ0n) is 21.3. The van der Waals surface area contributed by atoms with Gasteiger partial charge in [0.1, 0.15) is 73.2 Å². The molecule has 0 aromatic heterocycles. The molecule has 0 saturated carbocycles. The van der Waals surface area contributed by atoms with E-state index in [2.05, 4.69) is 0 Å². The Kier molecular flexibility index (Phi) is 13.6. The maximum atomic E-state index is 10.8. The zero-order valence-corrected chi connectivity index (χ0v) is 22.1. The number of hydrogen-bond acceptors (Lipinski definition) is 17. The monoisotopic (exact) mass is 610 g/mol. The van der Waals surface area contributed by atoms with Crippen molar-refractivity contribution in [3.05, 3.63) is 0 Å². The first kappa shape index (κ1) is 34.1. The van der Waals surface area contributed by atoms with Crippen molar-refractivity contribution in [2.75, 3.05) is 45.5 Å². The van der Waals surface area contributed by atoms with Gasteiger partial charge in [0, 0.05) is 5.88 Å². The summed E-state index contributed by atoms with van der Waals surface area (Å²) in [6, 6.07) is 0. The van der Waals surface area contributed by atoms with Gasteiger partial charge in [0.25, 0.3) is 0 Å². The highest BCUT2D eigenvalue weighted by Gasteiger charge is 2.54. The van der Waals surface area contributed by atoms with Crippen molar-refractivity contribution in [2.45, 2.75) is 92.1 Å². The van der Waals surface area contributed by atoms with Gasteiger partial charge in [0.05, 0.1) is 39.6 Å². The fourth-order valence-corrected chi connectivity index (χ4v) is 4.62. The summed E-state index contributed by atoms with van der Waals surface area (Å²) in [4.78, 5) is 0. The second-order valence-electron chi connectivity index (χ2n) is 9.48. The highest BCUT2D eigenvalue weighted by molar-refractivity contribution is 6.17. The molecule has 10 N–H and O–H groups in total. The van der Waals surface area contributed by atoms with Crippen molar-refractivity contribution in [3.63, 3.8) is 0 Å². The summed E-state index contributed by atoms with van der Waals surface area (Å²) < 4.78 is 38.6. The third-order valence-electron chi connectivity index (χ3n) is 6.81. The van der Waals surface area contributed by atoms with Crippen LogP contribution in [0.5, 0.6) is 0 Å². The number of halogens is 1. The minimum absolute atomic E-state index is 0.0575. The first-order valence-corrected chi connectivity index (χ1v) is 13.2. The van der Waals surface area contributed by atoms with Gasteiger partial charge >= 0.3 is 0 Å². The zero-order chi connectivity index (χ0) is 29.6. The molecule has 3 fully saturated rings. The molecule has 3 saturated heterocycles. The summed E-state index contributed by atoms with van der Waals surface area (Å²) in [5.41, 5.74) is 0. The number of hydrogen-bond donors (Lipinski definition) is 10. The maximum Gasteiger partial charge on any atom is 0.187 e. The highest BCUT2D eigenvalue weighted by Crippen LogP contribution is 2.33. The van der Waals surface area contributed by atoms with E-state index in [4.69, 9.17) is 44.8 Å². The van der Waals surface area contributed by atoms with Crippen LogP contribution in [0.1, 0.15) is 0 Å². The number of aliphatic hydroxyl groups excluding tert-OH is 10. The van der Waals surface area contributed by atoms with Gasteiger partial charge in [-0.1, -0.05) is 0 Å². The number of rotatable bonds is 13. The minimum atomic E-state index is -1.89. The van der Waals surface area contributed by atoms with Gasteiger partial charge < -0.3 is 84.2 Å². The number of ether oxygens (including phenoxy) is 7. The third-order valence-corrected chi connectivity index (χ3v) is 6.97. The van der Waals surface area contributed by atoms with Crippen LogP contribution in [0.15, 0.2) is 0 Å². The Morgan fingerprint density at radius 1 is 0.500 bits per heavy atom. The van der Waals surface area contributed by atoms with E-state index in [0.717, 1.165) is 0 Å². The second-order valence-corrected chi connectivity index (χ2v) is 9.86. The predicted molar refractivity (Wildman–Crippen MR) is 127 cm³/mol. The Morgan fingerprint density at radius 3 is 1.48 bits per heavy atom. The Hall–Kier alpha value is -0.390. The van der Waals surface area contributed by atoms with Crippen molar-refractivity contribution < 1.29 is 84.2 Å². The molecule has 0 amide bonds. The van der Waals surface area contributed by atoms with Gasteiger partial charge in [0.15, 0.2) is 18.9 Å². The summed E-state index contributed by atoms with van der Waals surface area (Å²) in [6.45, 7) is -2.06. The van der Waals surface area contributed by atoms with E-state index in [0.29, 0.717) is 0 Å². The van der Waals surface area contributed by atoms with E-state index in [1.54, 1.807) is 0 Å². The van der Waals surface area contributed by atoms with Crippen LogP contribution in [0.2, 0.25) is 0 Å². The van der Waals surface area contributed by atoms with E-state index in [9.17, 15) is 51.1 Å². The molecule has 18 heteroatoms. The molecule has 0 radical (unpaired) electrons. The van der Waals surface area contributed by atoms with Gasteiger partial charge in [-0.25, -0.2) is 0 Å². The Balaban J connectivity index is 1.82. The molecule has 17 nitrogen and oxygen atoms in total. The van der Waals surface area contributed by atoms with Gasteiger partial charge in [-0.2, -0.15) is 0 Å². The lowest BCUT2D eigenvalue weighted by Crippen LogP contribution is -2.67. The molecule has 9 unspecified atom stereocenters. The van der Waals surface area contributed by atoms with Crippen LogP contribution < -0.4 is 0 Å². The molecule has 236 valence electrons. The van der Waals surface area contributed by atoms with Gasteiger partial charge in [-0.15, -0.1) is 11.6 Å². The molecule has 3 rings (SSSR count). The van der Waals surface area contributed by atoms with Crippen LogP contribution in [0.4, 0.5) is 0 Å². The predicted octanol–water partition coefficient (Wildman–Crippen LogP) is -6.29. The molecule has 0 spiro atoms. The summed E-state index contributed by atoms with van der Waals surface area (Å²) in [5, 5.41) is 102. The van der Waals surface area contributed by atoms with Crippen molar-refractivity contribution >= 4 is 11.6 Å². The topological polar surface area (TPSA) is 267 Å². The van der Waals surface area contributed by atoms with E-state index in [1.807, 2.05) is 0 Å². The molecule has 15 atom stereocenters. The Morgan fingerprint density at radius 2 is 0.950 bits per heavy atom. The van der Waals surface area contributed by atoms with Gasteiger partial charge in [-0.05, 0) is 0 Å². The average Bonchev–Trinajstić information content (AvgIpc) is 2.95. The number of alkyl halides is 1. The molecule has 3 aliphatic heterocycles. The maximum absolute atomic E-state index is 10.8. The highest BCUT2D eigenvalue weighted by atomic mass is 35.5. The van der Waals surface area contributed by atoms with Crippen LogP contribution in [0.25, 0.3) is 0 Å². The van der Waals surface area contributed by atoms with E-state index < -0.39 is 112 Å². The van der Waals surface area contributed by atoms with Crippen LogP contribution in [-0.4, -0.2) is 189 Å². The van der Waals surface area contributed by atoms with Crippen molar-refractivity contribution in [2.24, 2.45) is 0 Å². The van der Waals surface area contributed by atoms with E-state index >= 15 is 0 Å². The lowest BCUT2D eigenvalue weighted by atomic mass is 9.96. The average molecular weight is 611 g/mol. The molecule has 3 heterocycles. The van der Waals surface area contributed by atoms with Crippen molar-refractivity contribution in [3.8, 4) is 0 Å². The number of aliphatic hydroxyl groups is 10. The van der Waals surface area contributed by atoms with Crippen molar-refractivity contribution in [1.82, 2.24) is 0 Å². The first-order valence-electron chi connectivity index (χ1n) is 12.7. The Bertz CT molecular complexity index is 737. The Labute approximate surface area is 233 Å². The first-order chi connectivity index (χ1) is 19.1. The SMILES string of the molecule is OCC1O[C@@H](OC2C(O)[C@H](O)C(CO)O[C@@H]2OC2C(O)[C@H](O)C(CO)O[C@@H]2OCCOCCCl)C(O)C(O)[C@@H]1O. The smallest absolute Gasteiger partial charge is 0.187 e. The minimum Gasteiger partial charge on any atom is -0.394 e. The van der Waals surface area contributed by atoms with Crippen LogP contribution in [0.3, 0.4) is 0 Å². The summed E-state index contributed by atoms with van der Waals surface area (Å²) >= 11 is 5.56.